The van der Waals surface area contributed by atoms with Crippen LogP contribution in [0, 0.1) is 0 Å². The zero-order valence-electron chi connectivity index (χ0n) is 15.3. The molecular formula is C20H24N2O3S. The van der Waals surface area contributed by atoms with E-state index in [0.29, 0.717) is 6.54 Å². The summed E-state index contributed by atoms with van der Waals surface area (Å²) in [6, 6.07) is 16.7. The molecule has 0 saturated heterocycles. The Morgan fingerprint density at radius 3 is 2.54 bits per heavy atom. The third kappa shape index (κ3) is 5.52. The van der Waals surface area contributed by atoms with Crippen LogP contribution in [0.1, 0.15) is 12.5 Å². The van der Waals surface area contributed by atoms with Gasteiger partial charge < -0.3 is 15.0 Å². The van der Waals surface area contributed by atoms with Gasteiger partial charge >= 0.3 is 0 Å². The number of methoxy groups -OCH3 is 1. The number of likely N-dealkylation sites (N-methyl/N-ethyl adjacent to an activating group) is 1. The van der Waals surface area contributed by atoms with Crippen molar-refractivity contribution in [1.29, 1.82) is 0 Å². The van der Waals surface area contributed by atoms with Crippen molar-refractivity contribution in [2.45, 2.75) is 24.4 Å². The van der Waals surface area contributed by atoms with Crippen molar-refractivity contribution in [3.8, 4) is 5.75 Å². The molecule has 138 valence electrons. The first kappa shape index (κ1) is 19.8. The molecular weight excluding hydrogens is 348 g/mol. The number of rotatable bonds is 8. The summed E-state index contributed by atoms with van der Waals surface area (Å²) in [6.45, 7) is 2.09. The van der Waals surface area contributed by atoms with Gasteiger partial charge in [0.05, 0.1) is 12.9 Å². The largest absolute Gasteiger partial charge is 0.497 e. The summed E-state index contributed by atoms with van der Waals surface area (Å²) in [4.78, 5) is 27.6. The molecule has 0 saturated carbocycles. The summed E-state index contributed by atoms with van der Waals surface area (Å²) < 4.78 is 5.24. The number of hydrogen-bond acceptors (Lipinski definition) is 4. The lowest BCUT2D eigenvalue weighted by atomic mass is 10.1. The molecule has 2 aromatic carbocycles. The van der Waals surface area contributed by atoms with Gasteiger partial charge in [0.25, 0.3) is 0 Å². The number of thioether (sulfide) groups is 1. The van der Waals surface area contributed by atoms with Crippen LogP contribution in [-0.4, -0.2) is 42.7 Å². The van der Waals surface area contributed by atoms with E-state index in [1.807, 2.05) is 54.6 Å². The summed E-state index contributed by atoms with van der Waals surface area (Å²) in [5.74, 6) is 0.722. The van der Waals surface area contributed by atoms with Crippen molar-refractivity contribution in [3.05, 3.63) is 60.2 Å². The fourth-order valence-corrected chi connectivity index (χ4v) is 3.31. The first-order valence-corrected chi connectivity index (χ1v) is 9.35. The topological polar surface area (TPSA) is 58.6 Å². The second-order valence-electron chi connectivity index (χ2n) is 5.77. The molecule has 0 aliphatic rings. The monoisotopic (exact) mass is 372 g/mol. The number of benzene rings is 2. The molecule has 6 heteroatoms. The van der Waals surface area contributed by atoms with Gasteiger partial charge in [-0.2, -0.15) is 0 Å². The van der Waals surface area contributed by atoms with Gasteiger partial charge in [-0.1, -0.05) is 30.3 Å². The van der Waals surface area contributed by atoms with Gasteiger partial charge in [-0.15, -0.1) is 11.8 Å². The zero-order valence-corrected chi connectivity index (χ0v) is 16.1. The van der Waals surface area contributed by atoms with E-state index in [2.05, 4.69) is 5.32 Å². The molecule has 5 nitrogen and oxygen atoms in total. The number of amides is 2. The Morgan fingerprint density at radius 2 is 1.88 bits per heavy atom. The smallest absolute Gasteiger partial charge is 0.242 e. The van der Waals surface area contributed by atoms with Gasteiger partial charge in [-0.3, -0.25) is 9.59 Å². The molecule has 0 radical (unpaired) electrons. The van der Waals surface area contributed by atoms with Crippen molar-refractivity contribution in [2.24, 2.45) is 0 Å². The van der Waals surface area contributed by atoms with Crippen LogP contribution < -0.4 is 10.1 Å². The summed E-state index contributed by atoms with van der Waals surface area (Å²) in [5.41, 5.74) is 0.915. The number of nitrogens with one attached hydrogen (secondary N) is 1. The maximum atomic E-state index is 12.8. The summed E-state index contributed by atoms with van der Waals surface area (Å²) in [7, 11) is 3.18. The Bertz CT molecular complexity index is 737. The highest BCUT2D eigenvalue weighted by molar-refractivity contribution is 8.00. The van der Waals surface area contributed by atoms with Crippen LogP contribution in [0.25, 0.3) is 0 Å². The molecule has 0 aliphatic heterocycles. The lowest BCUT2D eigenvalue weighted by molar-refractivity contribution is -0.138. The SMILES string of the molecule is CNC(=O)C(C)N(Cc1cccc(OC)c1)C(=O)CSc1ccccc1. The number of hydrogen-bond donors (Lipinski definition) is 1. The summed E-state index contributed by atoms with van der Waals surface area (Å²) in [5, 5.41) is 2.62. The molecule has 0 spiro atoms. The molecule has 2 amide bonds. The van der Waals surface area contributed by atoms with Gasteiger partial charge in [0.1, 0.15) is 11.8 Å². The highest BCUT2D eigenvalue weighted by Crippen LogP contribution is 2.20. The third-order valence-corrected chi connectivity index (χ3v) is 5.00. The lowest BCUT2D eigenvalue weighted by Gasteiger charge is -2.28. The van der Waals surface area contributed by atoms with E-state index < -0.39 is 6.04 Å². The van der Waals surface area contributed by atoms with Gasteiger partial charge in [0, 0.05) is 18.5 Å². The van der Waals surface area contributed by atoms with E-state index in [4.69, 9.17) is 4.74 Å². The molecule has 0 heterocycles. The van der Waals surface area contributed by atoms with Crippen LogP contribution >= 0.6 is 11.8 Å². The fourth-order valence-electron chi connectivity index (χ4n) is 2.50. The number of nitrogens with zero attached hydrogens (tertiary/aromatic N) is 1. The summed E-state index contributed by atoms with van der Waals surface area (Å²) >= 11 is 1.46. The quantitative estimate of drug-likeness (QED) is 0.724. The molecule has 1 N–H and O–H groups in total. The molecule has 26 heavy (non-hydrogen) atoms. The first-order valence-electron chi connectivity index (χ1n) is 8.37. The minimum absolute atomic E-state index is 0.0854. The lowest BCUT2D eigenvalue weighted by Crippen LogP contribution is -2.47. The van der Waals surface area contributed by atoms with Crippen molar-refractivity contribution >= 4 is 23.6 Å². The van der Waals surface area contributed by atoms with Gasteiger partial charge in [-0.05, 0) is 36.8 Å². The fraction of sp³-hybridized carbons (Fsp3) is 0.300. The van der Waals surface area contributed by atoms with Crippen molar-refractivity contribution in [1.82, 2.24) is 10.2 Å². The second kappa shape index (κ2) is 9.87. The van der Waals surface area contributed by atoms with E-state index in [0.717, 1.165) is 16.2 Å². The zero-order chi connectivity index (χ0) is 18.9. The van der Waals surface area contributed by atoms with E-state index >= 15 is 0 Å². The maximum absolute atomic E-state index is 12.8. The Kier molecular flexibility index (Phi) is 7.53. The Labute approximate surface area is 158 Å². The molecule has 0 bridgehead atoms. The molecule has 0 aliphatic carbocycles. The predicted octanol–water partition coefficient (Wildman–Crippen LogP) is 2.95. The van der Waals surface area contributed by atoms with Crippen LogP contribution in [0.3, 0.4) is 0 Å². The number of ether oxygens (including phenoxy) is 1. The average Bonchev–Trinajstić information content (AvgIpc) is 2.70. The standard InChI is InChI=1S/C20H24N2O3S/c1-15(20(24)21-2)22(13-16-8-7-9-17(12-16)25-3)19(23)14-26-18-10-5-4-6-11-18/h4-12,15H,13-14H2,1-3H3,(H,21,24). The van der Waals surface area contributed by atoms with Crippen LogP contribution in [0.2, 0.25) is 0 Å². The predicted molar refractivity (Wildman–Crippen MR) is 104 cm³/mol. The van der Waals surface area contributed by atoms with Crippen molar-refractivity contribution < 1.29 is 14.3 Å². The van der Waals surface area contributed by atoms with Crippen molar-refractivity contribution in [2.75, 3.05) is 19.9 Å². The first-order chi connectivity index (χ1) is 12.5. The van der Waals surface area contributed by atoms with Gasteiger partial charge in [0.2, 0.25) is 11.8 Å². The molecule has 0 fully saturated rings. The minimum atomic E-state index is -0.560. The van der Waals surface area contributed by atoms with Crippen molar-refractivity contribution in [3.63, 3.8) is 0 Å². The van der Waals surface area contributed by atoms with Crippen LogP contribution in [0.4, 0.5) is 0 Å². The van der Waals surface area contributed by atoms with E-state index in [-0.39, 0.29) is 17.6 Å². The maximum Gasteiger partial charge on any atom is 0.242 e. The highest BCUT2D eigenvalue weighted by atomic mass is 32.2. The Morgan fingerprint density at radius 1 is 1.15 bits per heavy atom. The normalized spacial score (nSPS) is 11.5. The van der Waals surface area contributed by atoms with Crippen LogP contribution in [0.5, 0.6) is 5.75 Å². The van der Waals surface area contributed by atoms with Gasteiger partial charge in [0.15, 0.2) is 0 Å². The van der Waals surface area contributed by atoms with Crippen LogP contribution in [0.15, 0.2) is 59.5 Å². The minimum Gasteiger partial charge on any atom is -0.497 e. The molecule has 1 unspecified atom stereocenters. The number of carbonyl (C=O) groups excluding carboxylic acids is 2. The molecule has 1 atom stereocenters. The highest BCUT2D eigenvalue weighted by Gasteiger charge is 2.25. The van der Waals surface area contributed by atoms with Crippen LogP contribution in [-0.2, 0) is 16.1 Å². The second-order valence-corrected chi connectivity index (χ2v) is 6.81. The van der Waals surface area contributed by atoms with E-state index in [9.17, 15) is 9.59 Å². The number of carbonyl (C=O) groups is 2. The van der Waals surface area contributed by atoms with Gasteiger partial charge in [-0.25, -0.2) is 0 Å². The Balaban J connectivity index is 2.14. The summed E-state index contributed by atoms with van der Waals surface area (Å²) in [6.07, 6.45) is 0. The average molecular weight is 372 g/mol. The molecule has 2 rings (SSSR count). The molecule has 0 aromatic heterocycles. The Hall–Kier alpha value is -2.47. The third-order valence-electron chi connectivity index (χ3n) is 4.01. The van der Waals surface area contributed by atoms with E-state index in [1.165, 1.54) is 11.8 Å². The van der Waals surface area contributed by atoms with E-state index in [1.54, 1.807) is 26.0 Å². The molecule has 2 aromatic rings.